The van der Waals surface area contributed by atoms with Crippen molar-refractivity contribution in [3.63, 3.8) is 0 Å². The fourth-order valence-electron chi connectivity index (χ4n) is 3.96. The Balaban J connectivity index is 1.62. The lowest BCUT2D eigenvalue weighted by Gasteiger charge is -2.09. The molecule has 0 unspecified atom stereocenters. The van der Waals surface area contributed by atoms with Gasteiger partial charge in [-0.05, 0) is 41.3 Å². The van der Waals surface area contributed by atoms with Gasteiger partial charge in [0.1, 0.15) is 0 Å². The number of hydrogen-bond acceptors (Lipinski definition) is 2. The first kappa shape index (κ1) is 21.8. The van der Waals surface area contributed by atoms with Gasteiger partial charge in [0, 0.05) is 12.6 Å². The summed E-state index contributed by atoms with van der Waals surface area (Å²) >= 11 is 1.54. The molecule has 0 aliphatic rings. The Kier molecular flexibility index (Phi) is 6.07. The van der Waals surface area contributed by atoms with E-state index in [1.54, 1.807) is 0 Å². The number of carbonyl (C=O) groups is 1. The fraction of sp³-hybridized carbons (Fsp3) is 0.0667. The zero-order chi connectivity index (χ0) is 23.5. The van der Waals surface area contributed by atoms with Crippen molar-refractivity contribution in [1.29, 1.82) is 0 Å². The molecular formula is C30H24N2OS. The minimum atomic E-state index is -0.234. The third-order valence-corrected chi connectivity index (χ3v) is 7.01. The number of benzene rings is 4. The zero-order valence-electron chi connectivity index (χ0n) is 19.1. The van der Waals surface area contributed by atoms with Gasteiger partial charge in [-0.3, -0.25) is 4.79 Å². The maximum absolute atomic E-state index is 12.9. The third-order valence-electron chi connectivity index (χ3n) is 5.83. The van der Waals surface area contributed by atoms with Gasteiger partial charge in [-0.2, -0.15) is 4.99 Å². The van der Waals surface area contributed by atoms with E-state index in [1.165, 1.54) is 22.5 Å². The Labute approximate surface area is 203 Å². The summed E-state index contributed by atoms with van der Waals surface area (Å²) in [7, 11) is 1.98. The Morgan fingerprint density at radius 2 is 1.21 bits per heavy atom. The van der Waals surface area contributed by atoms with Crippen molar-refractivity contribution in [2.24, 2.45) is 12.0 Å². The maximum atomic E-state index is 12.9. The minimum absolute atomic E-state index is 0.234. The highest BCUT2D eigenvalue weighted by atomic mass is 32.1. The molecule has 0 saturated carbocycles. The molecule has 4 aromatic carbocycles. The van der Waals surface area contributed by atoms with Crippen LogP contribution in [0.3, 0.4) is 0 Å². The van der Waals surface area contributed by atoms with Gasteiger partial charge in [0.15, 0.2) is 4.80 Å². The molecule has 0 bridgehead atoms. The molecule has 5 rings (SSSR count). The highest BCUT2D eigenvalue weighted by molar-refractivity contribution is 7.13. The first-order chi connectivity index (χ1) is 16.6. The highest BCUT2D eigenvalue weighted by Crippen LogP contribution is 2.35. The summed E-state index contributed by atoms with van der Waals surface area (Å²) < 4.78 is 2.02. The standard InChI is InChI=1S/C30H24N2OS/c1-21-13-15-26(16-14-21)29(33)31-30-32(2)27(28(34-30)25-11-7-4-8-12-25)24-19-17-23(18-20-24)22-9-5-3-6-10-22/h3-20H,1-2H3. The summed E-state index contributed by atoms with van der Waals surface area (Å²) in [6.45, 7) is 2.01. The normalized spacial score (nSPS) is 11.5. The molecule has 5 aromatic rings. The number of hydrogen-bond donors (Lipinski definition) is 0. The van der Waals surface area contributed by atoms with Gasteiger partial charge < -0.3 is 4.57 Å². The molecule has 0 saturated heterocycles. The molecule has 34 heavy (non-hydrogen) atoms. The Hall–Kier alpha value is -4.02. The lowest BCUT2D eigenvalue weighted by atomic mass is 10.0. The van der Waals surface area contributed by atoms with Gasteiger partial charge in [0.2, 0.25) is 0 Å². The molecule has 3 nitrogen and oxygen atoms in total. The largest absolute Gasteiger partial charge is 0.319 e. The summed E-state index contributed by atoms with van der Waals surface area (Å²) in [5.41, 5.74) is 7.30. The van der Waals surface area contributed by atoms with Crippen LogP contribution in [-0.2, 0) is 7.05 Å². The number of nitrogens with zero attached hydrogens (tertiary/aromatic N) is 2. The molecular weight excluding hydrogens is 436 g/mol. The Morgan fingerprint density at radius 3 is 1.82 bits per heavy atom. The molecule has 0 fully saturated rings. The monoisotopic (exact) mass is 460 g/mol. The topological polar surface area (TPSA) is 34.4 Å². The van der Waals surface area contributed by atoms with Crippen molar-refractivity contribution < 1.29 is 4.79 Å². The predicted octanol–water partition coefficient (Wildman–Crippen LogP) is 7.14. The van der Waals surface area contributed by atoms with E-state index in [2.05, 4.69) is 65.7 Å². The minimum Gasteiger partial charge on any atom is -0.319 e. The van der Waals surface area contributed by atoms with Crippen molar-refractivity contribution >= 4 is 17.2 Å². The Morgan fingerprint density at radius 1 is 0.676 bits per heavy atom. The van der Waals surface area contributed by atoms with Gasteiger partial charge >= 0.3 is 0 Å². The van der Waals surface area contributed by atoms with Gasteiger partial charge in [-0.15, -0.1) is 0 Å². The number of thiazole rings is 1. The molecule has 4 heteroatoms. The molecule has 0 spiro atoms. The second kappa shape index (κ2) is 9.46. The van der Waals surface area contributed by atoms with Crippen LogP contribution in [0.5, 0.6) is 0 Å². The summed E-state index contributed by atoms with van der Waals surface area (Å²) in [5.74, 6) is -0.234. The first-order valence-corrected chi connectivity index (χ1v) is 12.0. The Bertz CT molecular complexity index is 1490. The number of carbonyl (C=O) groups excluding carboxylic acids is 1. The zero-order valence-corrected chi connectivity index (χ0v) is 19.9. The van der Waals surface area contributed by atoms with Crippen LogP contribution in [0.1, 0.15) is 15.9 Å². The fourth-order valence-corrected chi connectivity index (χ4v) is 5.11. The van der Waals surface area contributed by atoms with Crippen LogP contribution in [0.15, 0.2) is 114 Å². The summed E-state index contributed by atoms with van der Waals surface area (Å²) in [6.07, 6.45) is 0. The predicted molar refractivity (Wildman–Crippen MR) is 141 cm³/mol. The van der Waals surface area contributed by atoms with E-state index in [4.69, 9.17) is 0 Å². The van der Waals surface area contributed by atoms with E-state index >= 15 is 0 Å². The van der Waals surface area contributed by atoms with Crippen LogP contribution in [-0.4, -0.2) is 10.5 Å². The van der Waals surface area contributed by atoms with Gasteiger partial charge in [0.05, 0.1) is 10.6 Å². The molecule has 0 atom stereocenters. The molecule has 0 aliphatic heterocycles. The molecule has 0 aliphatic carbocycles. The molecule has 0 N–H and O–H groups in total. The first-order valence-electron chi connectivity index (χ1n) is 11.2. The van der Waals surface area contributed by atoms with Crippen molar-refractivity contribution in [3.05, 3.63) is 125 Å². The van der Waals surface area contributed by atoms with E-state index in [-0.39, 0.29) is 5.91 Å². The van der Waals surface area contributed by atoms with E-state index in [0.717, 1.165) is 27.3 Å². The molecule has 1 aromatic heterocycles. The van der Waals surface area contributed by atoms with E-state index in [1.807, 2.05) is 67.1 Å². The van der Waals surface area contributed by atoms with Gasteiger partial charge in [0.25, 0.3) is 5.91 Å². The van der Waals surface area contributed by atoms with Crippen molar-refractivity contribution in [2.75, 3.05) is 0 Å². The third kappa shape index (κ3) is 4.41. The second-order valence-electron chi connectivity index (χ2n) is 8.21. The van der Waals surface area contributed by atoms with E-state index in [9.17, 15) is 4.79 Å². The second-order valence-corrected chi connectivity index (χ2v) is 9.19. The summed E-state index contributed by atoms with van der Waals surface area (Å²) in [6, 6.07) is 36.7. The average Bonchev–Trinajstić information content (AvgIpc) is 3.21. The van der Waals surface area contributed by atoms with E-state index in [0.29, 0.717) is 10.4 Å². The van der Waals surface area contributed by atoms with Gasteiger partial charge in [-0.25, -0.2) is 0 Å². The molecule has 1 amide bonds. The van der Waals surface area contributed by atoms with Crippen LogP contribution in [0.2, 0.25) is 0 Å². The highest BCUT2D eigenvalue weighted by Gasteiger charge is 2.16. The molecule has 0 radical (unpaired) electrons. The van der Waals surface area contributed by atoms with Crippen LogP contribution in [0.4, 0.5) is 0 Å². The number of aromatic nitrogens is 1. The number of aryl methyl sites for hydroxylation is 1. The van der Waals surface area contributed by atoms with Crippen LogP contribution in [0.25, 0.3) is 32.8 Å². The SMILES string of the molecule is Cc1ccc(C(=O)N=c2sc(-c3ccccc3)c(-c3ccc(-c4ccccc4)cc3)n2C)cc1. The lowest BCUT2D eigenvalue weighted by Crippen LogP contribution is -2.14. The van der Waals surface area contributed by atoms with Crippen LogP contribution in [0, 0.1) is 6.92 Å². The molecule has 1 heterocycles. The lowest BCUT2D eigenvalue weighted by molar-refractivity contribution is 0.0998. The summed E-state index contributed by atoms with van der Waals surface area (Å²) in [5, 5.41) is 0. The van der Waals surface area contributed by atoms with Crippen molar-refractivity contribution in [2.45, 2.75) is 6.92 Å². The van der Waals surface area contributed by atoms with Crippen molar-refractivity contribution in [1.82, 2.24) is 4.57 Å². The van der Waals surface area contributed by atoms with E-state index < -0.39 is 0 Å². The maximum Gasteiger partial charge on any atom is 0.279 e. The smallest absolute Gasteiger partial charge is 0.279 e. The average molecular weight is 461 g/mol. The van der Waals surface area contributed by atoms with Crippen LogP contribution < -0.4 is 4.80 Å². The van der Waals surface area contributed by atoms with Crippen LogP contribution >= 0.6 is 11.3 Å². The molecule has 166 valence electrons. The quantitative estimate of drug-likeness (QED) is 0.281. The van der Waals surface area contributed by atoms with Gasteiger partial charge in [-0.1, -0.05) is 114 Å². The summed E-state index contributed by atoms with van der Waals surface area (Å²) in [4.78, 5) is 19.2. The number of amides is 1. The number of rotatable bonds is 4. The van der Waals surface area contributed by atoms with Crippen molar-refractivity contribution in [3.8, 4) is 32.8 Å².